The van der Waals surface area contributed by atoms with E-state index in [0.29, 0.717) is 11.8 Å². The molecule has 28 heavy (non-hydrogen) atoms. The Morgan fingerprint density at radius 1 is 0.857 bits per heavy atom. The van der Waals surface area contributed by atoms with Crippen molar-refractivity contribution in [1.29, 1.82) is 0 Å². The summed E-state index contributed by atoms with van der Waals surface area (Å²) in [6.45, 7) is 6.14. The summed E-state index contributed by atoms with van der Waals surface area (Å²) in [7, 11) is 0. The molecule has 1 heterocycles. The molecule has 2 saturated carbocycles. The van der Waals surface area contributed by atoms with Crippen LogP contribution in [0.2, 0.25) is 0 Å². The number of unbranched alkanes of at least 4 members (excludes halogenated alkanes) is 5. The Hall–Kier alpha value is -0.440. The van der Waals surface area contributed by atoms with Crippen LogP contribution in [-0.2, 0) is 4.74 Å². The molecule has 3 rings (SSSR count). The van der Waals surface area contributed by atoms with E-state index in [-0.39, 0.29) is 12.0 Å². The van der Waals surface area contributed by atoms with Gasteiger partial charge in [0.05, 0.1) is 12.0 Å². The van der Waals surface area contributed by atoms with Gasteiger partial charge < -0.3 is 4.74 Å². The molecule has 3 fully saturated rings. The molecule has 3 heteroatoms. The van der Waals surface area contributed by atoms with Crippen LogP contribution in [0.15, 0.2) is 12.7 Å². The van der Waals surface area contributed by atoms with Gasteiger partial charge in [-0.25, -0.2) is 0 Å². The van der Waals surface area contributed by atoms with Crippen LogP contribution in [0.25, 0.3) is 0 Å². The van der Waals surface area contributed by atoms with Crippen LogP contribution in [0.3, 0.4) is 0 Å². The minimum Gasteiger partial charge on any atom is -0.316 e. The molecule has 0 aromatic rings. The predicted molar refractivity (Wildman–Crippen MR) is 112 cm³/mol. The highest BCUT2D eigenvalue weighted by Crippen LogP contribution is 2.55. The molecule has 0 aromatic heterocycles. The minimum atomic E-state index is -2.88. The Bertz CT molecular complexity index is 461. The molecule has 2 atom stereocenters. The summed E-state index contributed by atoms with van der Waals surface area (Å²) < 4.78 is 33.8. The van der Waals surface area contributed by atoms with Gasteiger partial charge in [-0.15, -0.1) is 6.58 Å². The highest BCUT2D eigenvalue weighted by Gasteiger charge is 2.62. The lowest BCUT2D eigenvalue weighted by Crippen LogP contribution is -2.61. The van der Waals surface area contributed by atoms with Crippen molar-refractivity contribution in [1.82, 2.24) is 0 Å². The summed E-state index contributed by atoms with van der Waals surface area (Å²) >= 11 is 0. The van der Waals surface area contributed by atoms with Crippen LogP contribution in [0.1, 0.15) is 103 Å². The van der Waals surface area contributed by atoms with E-state index in [4.69, 9.17) is 4.74 Å². The fourth-order valence-electron chi connectivity index (χ4n) is 6.14. The number of halogens is 2. The first-order valence-electron chi connectivity index (χ1n) is 12.2. The molecule has 162 valence electrons. The van der Waals surface area contributed by atoms with Crippen molar-refractivity contribution in [2.24, 2.45) is 29.6 Å². The minimum absolute atomic E-state index is 0.144. The van der Waals surface area contributed by atoms with Gasteiger partial charge >= 0.3 is 6.11 Å². The molecule has 1 aliphatic heterocycles. The molecule has 1 nitrogen and oxygen atoms in total. The van der Waals surface area contributed by atoms with Crippen LogP contribution in [-0.4, -0.2) is 12.2 Å². The number of alkyl halides is 2. The second-order valence-electron chi connectivity index (χ2n) is 9.92. The molecule has 0 unspecified atom stereocenters. The average molecular weight is 397 g/mol. The zero-order valence-electron chi connectivity index (χ0n) is 18.0. The van der Waals surface area contributed by atoms with Crippen molar-refractivity contribution >= 4 is 0 Å². The first-order valence-corrected chi connectivity index (χ1v) is 12.2. The Balaban J connectivity index is 1.39. The van der Waals surface area contributed by atoms with Gasteiger partial charge in [0.25, 0.3) is 0 Å². The van der Waals surface area contributed by atoms with Crippen molar-refractivity contribution in [3.05, 3.63) is 12.7 Å². The van der Waals surface area contributed by atoms with Crippen LogP contribution in [0.4, 0.5) is 8.78 Å². The second-order valence-corrected chi connectivity index (χ2v) is 9.92. The molecule has 0 aromatic carbocycles. The largest absolute Gasteiger partial charge is 0.361 e. The van der Waals surface area contributed by atoms with E-state index < -0.39 is 12.0 Å². The molecular formula is C25H42F2O. The van der Waals surface area contributed by atoms with E-state index in [9.17, 15) is 8.78 Å². The Labute approximate surface area is 171 Å². The fourth-order valence-corrected chi connectivity index (χ4v) is 6.14. The third-order valence-electron chi connectivity index (χ3n) is 8.01. The molecule has 3 aliphatic rings. The molecule has 0 spiro atoms. The lowest BCUT2D eigenvalue weighted by Gasteiger charge is -2.53. The van der Waals surface area contributed by atoms with E-state index in [1.54, 1.807) is 0 Å². The van der Waals surface area contributed by atoms with Crippen LogP contribution >= 0.6 is 0 Å². The summed E-state index contributed by atoms with van der Waals surface area (Å²) in [5.74, 6) is 1.33. The zero-order valence-corrected chi connectivity index (χ0v) is 18.0. The standard InChI is InChI=1S/C25H42F2O/c1-3-5-6-7-8-9-10-20-13-17-22(18-14-20)24-23(25(26,27)28-24)21-15-11-19(4-2)12-16-21/h4,19-24H,2-3,5-18H2,1H3/t19?,20?,21?,22?,23-,24-/m0/s1. The quantitative estimate of drug-likeness (QED) is 0.267. The number of ether oxygens (including phenoxy) is 1. The van der Waals surface area contributed by atoms with E-state index in [0.717, 1.165) is 44.4 Å². The predicted octanol–water partition coefficient (Wildman–Crippen LogP) is 8.14. The molecular weight excluding hydrogens is 354 g/mol. The Kier molecular flexibility index (Phi) is 8.38. The summed E-state index contributed by atoms with van der Waals surface area (Å²) in [5, 5.41) is 0. The molecule has 1 saturated heterocycles. The summed E-state index contributed by atoms with van der Waals surface area (Å²) in [5.41, 5.74) is 0. The van der Waals surface area contributed by atoms with E-state index in [2.05, 4.69) is 13.5 Å². The second kappa shape index (κ2) is 10.5. The normalized spacial score (nSPS) is 38.0. The first kappa shape index (κ1) is 22.2. The number of allylic oxidation sites excluding steroid dienone is 1. The van der Waals surface area contributed by atoms with Crippen molar-refractivity contribution in [3.8, 4) is 0 Å². The zero-order chi connectivity index (χ0) is 20.0. The van der Waals surface area contributed by atoms with Gasteiger partial charge in [0, 0.05) is 0 Å². The topological polar surface area (TPSA) is 9.23 Å². The first-order chi connectivity index (χ1) is 13.5. The molecule has 0 N–H and O–H groups in total. The van der Waals surface area contributed by atoms with Crippen LogP contribution in [0.5, 0.6) is 0 Å². The van der Waals surface area contributed by atoms with E-state index >= 15 is 0 Å². The number of hydrogen-bond acceptors (Lipinski definition) is 1. The maximum Gasteiger partial charge on any atom is 0.361 e. The lowest BCUT2D eigenvalue weighted by molar-refractivity contribution is -0.418. The number of hydrogen-bond donors (Lipinski definition) is 0. The summed E-state index contributed by atoms with van der Waals surface area (Å²) in [6, 6.07) is 0. The maximum absolute atomic E-state index is 14.3. The average Bonchev–Trinajstić information content (AvgIpc) is 2.70. The van der Waals surface area contributed by atoms with Gasteiger partial charge in [-0.1, -0.05) is 70.8 Å². The molecule has 0 bridgehead atoms. The van der Waals surface area contributed by atoms with Gasteiger partial charge in [0.2, 0.25) is 0 Å². The van der Waals surface area contributed by atoms with Gasteiger partial charge in [0.1, 0.15) is 0 Å². The maximum atomic E-state index is 14.3. The highest BCUT2D eigenvalue weighted by molar-refractivity contribution is 4.99. The van der Waals surface area contributed by atoms with Gasteiger partial charge in [-0.05, 0) is 62.2 Å². The smallest absolute Gasteiger partial charge is 0.316 e. The molecule has 2 aliphatic carbocycles. The van der Waals surface area contributed by atoms with E-state index in [1.807, 2.05) is 6.08 Å². The SMILES string of the molecule is C=CC1CCC([C@H]2[C@H](C3CCC(CCCCCCCC)CC3)OC2(F)F)CC1. The van der Waals surface area contributed by atoms with Crippen molar-refractivity contribution < 1.29 is 13.5 Å². The highest BCUT2D eigenvalue weighted by atomic mass is 19.3. The van der Waals surface area contributed by atoms with Crippen molar-refractivity contribution in [2.75, 3.05) is 0 Å². The fraction of sp³-hybridized carbons (Fsp3) is 0.920. The van der Waals surface area contributed by atoms with Gasteiger partial charge in [0.15, 0.2) is 0 Å². The summed E-state index contributed by atoms with van der Waals surface area (Å²) in [4.78, 5) is 0. The Morgan fingerprint density at radius 3 is 2.07 bits per heavy atom. The van der Waals surface area contributed by atoms with Crippen molar-refractivity contribution in [2.45, 2.75) is 115 Å². The van der Waals surface area contributed by atoms with E-state index in [1.165, 1.54) is 57.8 Å². The van der Waals surface area contributed by atoms with Gasteiger partial charge in [-0.3, -0.25) is 0 Å². The third-order valence-corrected chi connectivity index (χ3v) is 8.01. The Morgan fingerprint density at radius 2 is 1.46 bits per heavy atom. The molecule has 0 radical (unpaired) electrons. The van der Waals surface area contributed by atoms with Crippen molar-refractivity contribution in [3.63, 3.8) is 0 Å². The number of rotatable bonds is 10. The monoisotopic (exact) mass is 396 g/mol. The molecule has 0 amide bonds. The van der Waals surface area contributed by atoms with Gasteiger partial charge in [-0.2, -0.15) is 8.78 Å². The van der Waals surface area contributed by atoms with Crippen LogP contribution in [0, 0.1) is 29.6 Å². The summed E-state index contributed by atoms with van der Waals surface area (Å²) in [6.07, 6.45) is 17.0. The lowest BCUT2D eigenvalue weighted by atomic mass is 9.66. The van der Waals surface area contributed by atoms with Crippen LogP contribution < -0.4 is 0 Å². The third kappa shape index (κ3) is 5.58.